The Morgan fingerprint density at radius 3 is 2.10 bits per heavy atom. The molecule has 1 N–H and O–H groups in total. The van der Waals surface area contributed by atoms with Crippen LogP contribution in [0.4, 0.5) is 0 Å². The molecule has 0 heterocycles. The van der Waals surface area contributed by atoms with Crippen LogP contribution in [0.3, 0.4) is 0 Å². The minimum atomic E-state index is -4.49. The van der Waals surface area contributed by atoms with Gasteiger partial charge in [0.25, 0.3) is 0 Å². The molecule has 0 rings (SSSR count). The van der Waals surface area contributed by atoms with Crippen LogP contribution in [0.5, 0.6) is 0 Å². The zero-order valence-corrected chi connectivity index (χ0v) is 13.9. The number of rotatable bonds is 12. The molecule has 0 aliphatic carbocycles. The highest BCUT2D eigenvalue weighted by molar-refractivity contribution is 7.80. The average Bonchev–Trinajstić information content (AvgIpc) is 2.34. The van der Waals surface area contributed by atoms with E-state index in [2.05, 4.69) is 4.18 Å². The van der Waals surface area contributed by atoms with Crippen LogP contribution in [0.1, 0.15) is 34.1 Å². The molecule has 0 fully saturated rings. The third kappa shape index (κ3) is 11.8. The van der Waals surface area contributed by atoms with Gasteiger partial charge in [0, 0.05) is 12.3 Å². The fourth-order valence-electron chi connectivity index (χ4n) is 1.37. The lowest BCUT2D eigenvalue weighted by Crippen LogP contribution is -2.29. The van der Waals surface area contributed by atoms with Gasteiger partial charge < -0.3 is 9.47 Å². The smallest absolute Gasteiger partial charge is 0.379 e. The van der Waals surface area contributed by atoms with E-state index in [9.17, 15) is 13.2 Å². The molecule has 126 valence electrons. The van der Waals surface area contributed by atoms with Gasteiger partial charge in [-0.25, -0.2) is 4.18 Å². The molecule has 0 saturated carbocycles. The summed E-state index contributed by atoms with van der Waals surface area (Å²) < 4.78 is 45.0. The quantitative estimate of drug-likeness (QED) is 0.428. The monoisotopic (exact) mass is 326 g/mol. The zero-order valence-electron chi connectivity index (χ0n) is 13.1. The van der Waals surface area contributed by atoms with E-state index in [1.54, 1.807) is 13.8 Å². The summed E-state index contributed by atoms with van der Waals surface area (Å²) >= 11 is 0. The Bertz CT molecular complexity index is 389. The van der Waals surface area contributed by atoms with Gasteiger partial charge in [0.1, 0.15) is 11.9 Å². The molecule has 0 aromatic heterocycles. The van der Waals surface area contributed by atoms with E-state index in [1.165, 1.54) is 0 Å². The summed E-state index contributed by atoms with van der Waals surface area (Å²) in [5.74, 6) is 0.0306. The van der Waals surface area contributed by atoms with E-state index in [0.29, 0.717) is 19.6 Å². The molecule has 0 aliphatic heterocycles. The molecular formula is C13H26O7S. The fraction of sp³-hybridized carbons (Fsp3) is 0.923. The number of ketones is 1. The number of hydrogen-bond acceptors (Lipinski definition) is 6. The highest BCUT2D eigenvalue weighted by Crippen LogP contribution is 2.09. The van der Waals surface area contributed by atoms with Gasteiger partial charge in [-0.3, -0.25) is 9.35 Å². The van der Waals surface area contributed by atoms with Crippen LogP contribution in [0.25, 0.3) is 0 Å². The maximum absolute atomic E-state index is 11.3. The first-order valence-corrected chi connectivity index (χ1v) is 8.34. The lowest BCUT2D eigenvalue weighted by Gasteiger charge is -2.19. The third-order valence-corrected chi connectivity index (χ3v) is 3.27. The van der Waals surface area contributed by atoms with Gasteiger partial charge in [0.2, 0.25) is 0 Å². The molecule has 0 aromatic carbocycles. The predicted molar refractivity (Wildman–Crippen MR) is 77.4 cm³/mol. The van der Waals surface area contributed by atoms with Crippen LogP contribution in [-0.4, -0.2) is 51.3 Å². The molecular weight excluding hydrogens is 300 g/mol. The Morgan fingerprint density at radius 2 is 1.62 bits per heavy atom. The van der Waals surface area contributed by atoms with E-state index >= 15 is 0 Å². The molecule has 21 heavy (non-hydrogen) atoms. The normalized spacial score (nSPS) is 13.9. The van der Waals surface area contributed by atoms with Crippen LogP contribution >= 0.6 is 0 Å². The van der Waals surface area contributed by atoms with Crippen molar-refractivity contribution in [3.05, 3.63) is 0 Å². The van der Waals surface area contributed by atoms with Crippen molar-refractivity contribution >= 4 is 16.2 Å². The Morgan fingerprint density at radius 1 is 1.05 bits per heavy atom. The molecule has 1 atom stereocenters. The van der Waals surface area contributed by atoms with Crippen LogP contribution in [-0.2, 0) is 28.9 Å². The molecule has 8 heteroatoms. The van der Waals surface area contributed by atoms with Gasteiger partial charge in [-0.1, -0.05) is 27.7 Å². The molecule has 0 saturated heterocycles. The molecule has 0 aromatic rings. The predicted octanol–water partition coefficient (Wildman–Crippen LogP) is 1.48. The lowest BCUT2D eigenvalue weighted by atomic mass is 10.1. The second-order valence-electron chi connectivity index (χ2n) is 5.36. The first-order chi connectivity index (χ1) is 9.63. The standard InChI is InChI=1S/C13H26O7S/c1-10(2)12(14)5-6-18-7-8-19-9-13(11(3)4)20-21(15,16)17/h10-11,13H,5-9H2,1-4H3,(H,15,16,17). The summed E-state index contributed by atoms with van der Waals surface area (Å²) in [6.45, 7) is 8.14. The summed E-state index contributed by atoms with van der Waals surface area (Å²) in [5, 5.41) is 0. The van der Waals surface area contributed by atoms with Crippen molar-refractivity contribution in [2.75, 3.05) is 26.4 Å². The average molecular weight is 326 g/mol. The van der Waals surface area contributed by atoms with Crippen molar-refractivity contribution in [3.8, 4) is 0 Å². The van der Waals surface area contributed by atoms with Crippen molar-refractivity contribution in [3.63, 3.8) is 0 Å². The topological polar surface area (TPSA) is 99.1 Å². The Balaban J connectivity index is 3.75. The minimum Gasteiger partial charge on any atom is -0.379 e. The van der Waals surface area contributed by atoms with Crippen molar-refractivity contribution < 1.29 is 31.4 Å². The van der Waals surface area contributed by atoms with Crippen molar-refractivity contribution in [1.29, 1.82) is 0 Å². The van der Waals surface area contributed by atoms with Gasteiger partial charge in [0.05, 0.1) is 26.4 Å². The van der Waals surface area contributed by atoms with E-state index in [1.807, 2.05) is 13.8 Å². The highest BCUT2D eigenvalue weighted by Gasteiger charge is 2.20. The Labute approximate surface area is 126 Å². The van der Waals surface area contributed by atoms with Crippen LogP contribution < -0.4 is 0 Å². The summed E-state index contributed by atoms with van der Waals surface area (Å²) in [7, 11) is -4.49. The Hall–Kier alpha value is -0.540. The van der Waals surface area contributed by atoms with Gasteiger partial charge in [-0.05, 0) is 5.92 Å². The van der Waals surface area contributed by atoms with Gasteiger partial charge >= 0.3 is 10.4 Å². The van der Waals surface area contributed by atoms with Gasteiger partial charge in [-0.15, -0.1) is 0 Å². The molecule has 0 bridgehead atoms. The van der Waals surface area contributed by atoms with Crippen LogP contribution in [0, 0.1) is 11.8 Å². The Kier molecular flexibility index (Phi) is 9.97. The molecule has 0 amide bonds. The summed E-state index contributed by atoms with van der Waals surface area (Å²) in [4.78, 5) is 11.3. The van der Waals surface area contributed by atoms with Gasteiger partial charge in [-0.2, -0.15) is 8.42 Å². The first kappa shape index (κ1) is 20.5. The maximum Gasteiger partial charge on any atom is 0.397 e. The number of hydrogen-bond donors (Lipinski definition) is 1. The zero-order chi connectivity index (χ0) is 16.5. The first-order valence-electron chi connectivity index (χ1n) is 6.97. The third-order valence-electron chi connectivity index (χ3n) is 2.78. The second-order valence-corrected chi connectivity index (χ2v) is 6.41. The van der Waals surface area contributed by atoms with Crippen LogP contribution in [0.15, 0.2) is 0 Å². The van der Waals surface area contributed by atoms with E-state index < -0.39 is 16.5 Å². The van der Waals surface area contributed by atoms with Gasteiger partial charge in [0.15, 0.2) is 0 Å². The molecule has 0 radical (unpaired) electrons. The van der Waals surface area contributed by atoms with E-state index in [0.717, 1.165) is 0 Å². The van der Waals surface area contributed by atoms with Crippen molar-refractivity contribution in [2.24, 2.45) is 11.8 Å². The molecule has 0 spiro atoms. The SMILES string of the molecule is CC(C)C(=O)CCOCCOCC(OS(=O)(=O)O)C(C)C. The summed E-state index contributed by atoms with van der Waals surface area (Å²) in [6.07, 6.45) is -0.375. The summed E-state index contributed by atoms with van der Waals surface area (Å²) in [6, 6.07) is 0. The lowest BCUT2D eigenvalue weighted by molar-refractivity contribution is -0.123. The highest BCUT2D eigenvalue weighted by atomic mass is 32.3. The molecule has 0 aliphatic rings. The number of ether oxygens (including phenoxy) is 2. The molecule has 7 nitrogen and oxygen atoms in total. The molecule has 1 unspecified atom stereocenters. The number of carbonyl (C=O) groups is 1. The van der Waals surface area contributed by atoms with E-state index in [-0.39, 0.29) is 30.8 Å². The fourth-order valence-corrected chi connectivity index (χ4v) is 1.96. The second kappa shape index (κ2) is 10.2. The largest absolute Gasteiger partial charge is 0.397 e. The van der Waals surface area contributed by atoms with Crippen molar-refractivity contribution in [2.45, 2.75) is 40.2 Å². The van der Waals surface area contributed by atoms with Crippen molar-refractivity contribution in [1.82, 2.24) is 0 Å². The summed E-state index contributed by atoms with van der Waals surface area (Å²) in [5.41, 5.74) is 0. The van der Waals surface area contributed by atoms with E-state index in [4.69, 9.17) is 14.0 Å². The number of Topliss-reactive ketones (excluding diaryl/α,β-unsaturated/α-hetero) is 1. The minimum absolute atomic E-state index is 0.00855. The maximum atomic E-state index is 11.3. The number of carbonyl (C=O) groups excluding carboxylic acids is 1. The van der Waals surface area contributed by atoms with Crippen LogP contribution in [0.2, 0.25) is 0 Å².